The van der Waals surface area contributed by atoms with Crippen LogP contribution in [0.15, 0.2) is 264 Å². The highest BCUT2D eigenvalue weighted by atomic mass is 32.2. The Bertz CT molecular complexity index is 4120. The second kappa shape index (κ2) is 16.0. The van der Waals surface area contributed by atoms with E-state index in [1.165, 1.54) is 91.2 Å². The summed E-state index contributed by atoms with van der Waals surface area (Å²) in [6.07, 6.45) is 7.90. The Balaban J connectivity index is 0.984. The summed E-state index contributed by atoms with van der Waals surface area (Å²) >= 11 is 3.71. The molecule has 0 saturated carbocycles. The minimum atomic E-state index is -0.639. The Morgan fingerprint density at radius 3 is 1.74 bits per heavy atom. The van der Waals surface area contributed by atoms with E-state index >= 15 is 0 Å². The molecule has 73 heavy (non-hydrogen) atoms. The Morgan fingerprint density at radius 2 is 1.07 bits per heavy atom. The number of pyridine rings is 1. The summed E-state index contributed by atoms with van der Waals surface area (Å²) in [5.74, 6) is 2.46. The molecule has 0 saturated heterocycles. The van der Waals surface area contributed by atoms with Crippen LogP contribution < -0.4 is 9.64 Å². The molecule has 0 amide bonds. The molecule has 4 aliphatic rings. The van der Waals surface area contributed by atoms with Crippen molar-refractivity contribution in [2.45, 2.75) is 27.5 Å². The highest BCUT2D eigenvalue weighted by molar-refractivity contribution is 7.99. The van der Waals surface area contributed by atoms with E-state index in [0.29, 0.717) is 0 Å². The number of nitrogens with zero attached hydrogens (tertiary/aromatic N) is 2. The molecule has 0 bridgehead atoms. The number of aromatic nitrogens is 1. The minimum absolute atomic E-state index is 0.548. The van der Waals surface area contributed by atoms with Crippen LogP contribution in [-0.2, 0) is 10.8 Å². The lowest BCUT2D eigenvalue weighted by molar-refractivity contribution is 0.399. The molecular formula is C68H44N2OS2. The van der Waals surface area contributed by atoms with Crippen molar-refractivity contribution in [2.24, 2.45) is 0 Å². The molecule has 4 heterocycles. The first-order valence-corrected chi connectivity index (χ1v) is 26.5. The Morgan fingerprint density at radius 1 is 0.507 bits per heavy atom. The van der Waals surface area contributed by atoms with Crippen molar-refractivity contribution in [1.82, 2.24) is 4.98 Å². The third kappa shape index (κ3) is 5.80. The van der Waals surface area contributed by atoms with E-state index in [-0.39, 0.29) is 0 Å². The average Bonchev–Trinajstić information content (AvgIpc) is 4.08. The van der Waals surface area contributed by atoms with E-state index in [0.717, 1.165) is 45.4 Å². The number of hydrogen-bond donors (Lipinski definition) is 0. The molecule has 15 rings (SSSR count). The first kappa shape index (κ1) is 42.2. The summed E-state index contributed by atoms with van der Waals surface area (Å²) in [7, 11) is 0. The van der Waals surface area contributed by atoms with Crippen LogP contribution >= 0.6 is 23.1 Å². The lowest BCUT2D eigenvalue weighted by Crippen LogP contribution is -2.34. The molecule has 11 aromatic rings. The lowest BCUT2D eigenvalue weighted by Gasteiger charge is -2.41. The number of fused-ring (bicyclic) bond motifs is 19. The van der Waals surface area contributed by atoms with Crippen molar-refractivity contribution in [3.63, 3.8) is 0 Å². The van der Waals surface area contributed by atoms with Gasteiger partial charge in [-0.05, 0) is 147 Å². The molecule has 0 N–H and O–H groups in total. The highest BCUT2D eigenvalue weighted by Gasteiger charge is 2.52. The summed E-state index contributed by atoms with van der Waals surface area (Å²) in [6, 6.07) is 78.6. The molecule has 2 aliphatic carbocycles. The molecular weight excluding hydrogens is 925 g/mol. The third-order valence-electron chi connectivity index (χ3n) is 15.9. The number of ether oxygens (including phenoxy) is 1. The van der Waals surface area contributed by atoms with Crippen molar-refractivity contribution in [2.75, 3.05) is 4.90 Å². The fraction of sp³-hybridized carbons (Fsp3) is 0.0441. The average molecular weight is 969 g/mol. The van der Waals surface area contributed by atoms with E-state index in [2.05, 4.69) is 243 Å². The maximum atomic E-state index is 6.98. The Kier molecular flexibility index (Phi) is 9.26. The van der Waals surface area contributed by atoms with E-state index in [9.17, 15) is 0 Å². The monoisotopic (exact) mass is 968 g/mol. The largest absolute Gasteiger partial charge is 0.457 e. The van der Waals surface area contributed by atoms with Gasteiger partial charge in [0.15, 0.2) is 0 Å². The van der Waals surface area contributed by atoms with Crippen LogP contribution in [0.1, 0.15) is 45.9 Å². The van der Waals surface area contributed by atoms with Crippen molar-refractivity contribution in [3.05, 3.63) is 294 Å². The summed E-state index contributed by atoms with van der Waals surface area (Å²) in [6.45, 7) is 6.25. The SMILES string of the molecule is C=C/C=C\C1=C(C)C2(c3cc(N(c4ccc5c(c4)C4(c6ccccc6S5)c5ccccc5-c5ccccc54)c4ccc(-c5cccc6sc7ccccc7c56)cn4)ccc3O1)c1ccccc1-c1ccccc12. The van der Waals surface area contributed by atoms with Crippen molar-refractivity contribution in [1.29, 1.82) is 0 Å². The highest BCUT2D eigenvalue weighted by Crippen LogP contribution is 2.64. The van der Waals surface area contributed by atoms with Gasteiger partial charge in [-0.15, -0.1) is 11.3 Å². The third-order valence-corrected chi connectivity index (χ3v) is 18.2. The van der Waals surface area contributed by atoms with E-state index in [4.69, 9.17) is 9.72 Å². The van der Waals surface area contributed by atoms with Gasteiger partial charge in [0.05, 0.1) is 10.8 Å². The minimum Gasteiger partial charge on any atom is -0.457 e. The predicted molar refractivity (Wildman–Crippen MR) is 303 cm³/mol. The van der Waals surface area contributed by atoms with Crippen LogP contribution in [0.25, 0.3) is 53.6 Å². The van der Waals surface area contributed by atoms with Gasteiger partial charge in [-0.3, -0.25) is 4.90 Å². The number of benzene rings is 9. The zero-order valence-electron chi connectivity index (χ0n) is 39.8. The summed E-state index contributed by atoms with van der Waals surface area (Å²) in [5, 5.41) is 2.54. The molecule has 344 valence electrons. The van der Waals surface area contributed by atoms with Gasteiger partial charge < -0.3 is 4.74 Å². The maximum absolute atomic E-state index is 6.98. The second-order valence-corrected chi connectivity index (χ2v) is 21.5. The van der Waals surface area contributed by atoms with Crippen molar-refractivity contribution in [3.8, 4) is 39.1 Å². The number of allylic oxidation sites excluding steroid dienone is 4. The molecule has 2 aliphatic heterocycles. The van der Waals surface area contributed by atoms with Gasteiger partial charge >= 0.3 is 0 Å². The van der Waals surface area contributed by atoms with Crippen LogP contribution in [0, 0.1) is 0 Å². The smallest absolute Gasteiger partial charge is 0.137 e. The first-order chi connectivity index (χ1) is 36.1. The summed E-state index contributed by atoms with van der Waals surface area (Å²) in [5.41, 5.74) is 18.0. The number of hydrogen-bond acceptors (Lipinski definition) is 5. The molecule has 5 heteroatoms. The summed E-state index contributed by atoms with van der Waals surface area (Å²) in [4.78, 5) is 10.4. The topological polar surface area (TPSA) is 25.4 Å². The van der Waals surface area contributed by atoms with Crippen molar-refractivity contribution >= 4 is 60.5 Å². The van der Waals surface area contributed by atoms with Crippen molar-refractivity contribution < 1.29 is 4.74 Å². The quantitative estimate of drug-likeness (QED) is 0.155. The van der Waals surface area contributed by atoms with Crippen LogP contribution in [-0.4, -0.2) is 4.98 Å². The zero-order valence-corrected chi connectivity index (χ0v) is 41.5. The first-order valence-electron chi connectivity index (χ1n) is 24.9. The number of anilines is 3. The molecule has 0 atom stereocenters. The van der Waals surface area contributed by atoms with Gasteiger partial charge in [-0.25, -0.2) is 4.98 Å². The number of thiophene rings is 1. The van der Waals surface area contributed by atoms with Crippen LogP contribution in [0.3, 0.4) is 0 Å². The van der Waals surface area contributed by atoms with Gasteiger partial charge in [-0.2, -0.15) is 0 Å². The van der Waals surface area contributed by atoms with Gasteiger partial charge in [0, 0.05) is 58.7 Å². The normalized spacial score (nSPS) is 14.9. The molecule has 2 aromatic heterocycles. The van der Waals surface area contributed by atoms with Gasteiger partial charge in [-0.1, -0.05) is 176 Å². The van der Waals surface area contributed by atoms with Gasteiger partial charge in [0.25, 0.3) is 0 Å². The molecule has 3 nitrogen and oxygen atoms in total. The molecule has 0 fully saturated rings. The number of rotatable bonds is 6. The summed E-state index contributed by atoms with van der Waals surface area (Å²) < 4.78 is 9.54. The molecule has 0 unspecified atom stereocenters. The molecule has 9 aromatic carbocycles. The molecule has 0 radical (unpaired) electrons. The van der Waals surface area contributed by atoms with Gasteiger partial charge in [0.2, 0.25) is 0 Å². The Hall–Kier alpha value is -8.48. The van der Waals surface area contributed by atoms with Crippen LogP contribution in [0.5, 0.6) is 5.75 Å². The van der Waals surface area contributed by atoms with Gasteiger partial charge in [0.1, 0.15) is 17.3 Å². The fourth-order valence-electron chi connectivity index (χ4n) is 13.0. The predicted octanol–water partition coefficient (Wildman–Crippen LogP) is 18.1. The fourth-order valence-corrected chi connectivity index (χ4v) is 15.3. The van der Waals surface area contributed by atoms with Crippen LogP contribution in [0.2, 0.25) is 0 Å². The molecule has 2 spiro atoms. The van der Waals surface area contributed by atoms with E-state index in [1.54, 1.807) is 0 Å². The van der Waals surface area contributed by atoms with E-state index < -0.39 is 10.8 Å². The van der Waals surface area contributed by atoms with Crippen LogP contribution in [0.4, 0.5) is 17.2 Å². The zero-order chi connectivity index (χ0) is 48.4. The second-order valence-electron chi connectivity index (χ2n) is 19.3. The lowest BCUT2D eigenvalue weighted by atomic mass is 9.66. The maximum Gasteiger partial charge on any atom is 0.137 e. The standard InChI is InChI=1S/C68H44N2OS2/c1-3-4-29-59-42(2)67(52-24-10-5-18-47(52)48-19-6-11-25-53(48)67)57-39-44(34-36-60(57)71-59)70(65-38-33-43(41-69-65)46-23-17-32-64-66(46)51-22-9-15-30-61(51)72-64)45-35-37-63-58(40-45)68(56-28-14-16-31-62(56)73-63)54-26-12-7-20-49(54)50-21-8-13-27-55(50)68/h3-41H,1H2,2H3/b29-4-. The Labute approximate surface area is 432 Å². The van der Waals surface area contributed by atoms with E-state index in [1.807, 2.05) is 35.3 Å².